The summed E-state index contributed by atoms with van der Waals surface area (Å²) < 4.78 is 11.4. The number of aromatic nitrogens is 2. The van der Waals surface area contributed by atoms with Crippen LogP contribution in [0, 0.1) is 0 Å². The molecule has 4 heterocycles. The van der Waals surface area contributed by atoms with Crippen LogP contribution >= 0.6 is 0 Å². The average molecular weight is 301 g/mol. The van der Waals surface area contributed by atoms with Gasteiger partial charge in [-0.25, -0.2) is 15.0 Å². The third-order valence-electron chi connectivity index (χ3n) is 4.33. The molecule has 0 aromatic carbocycles. The van der Waals surface area contributed by atoms with Gasteiger partial charge in [0.2, 0.25) is 0 Å². The SMILES string of the molecule is CN1C=CC(c2ccncn2)=NC1N1CCO[C@H]2COC[C@@H]21. The highest BCUT2D eigenvalue weighted by atomic mass is 16.6. The molecule has 116 valence electrons. The van der Waals surface area contributed by atoms with E-state index in [-0.39, 0.29) is 18.4 Å². The Kier molecular flexibility index (Phi) is 3.61. The van der Waals surface area contributed by atoms with Crippen LogP contribution in [0.5, 0.6) is 0 Å². The second-order valence-electron chi connectivity index (χ2n) is 5.69. The van der Waals surface area contributed by atoms with E-state index in [0.29, 0.717) is 13.2 Å². The molecule has 0 bridgehead atoms. The molecule has 3 aliphatic rings. The number of hydrogen-bond donors (Lipinski definition) is 0. The largest absolute Gasteiger partial charge is 0.377 e. The smallest absolute Gasteiger partial charge is 0.179 e. The zero-order valence-corrected chi connectivity index (χ0v) is 12.5. The van der Waals surface area contributed by atoms with E-state index in [1.165, 1.54) is 0 Å². The zero-order chi connectivity index (χ0) is 14.9. The maximum atomic E-state index is 5.80. The predicted molar refractivity (Wildman–Crippen MR) is 80.3 cm³/mol. The van der Waals surface area contributed by atoms with Crippen LogP contribution in [0.3, 0.4) is 0 Å². The van der Waals surface area contributed by atoms with E-state index in [4.69, 9.17) is 14.5 Å². The van der Waals surface area contributed by atoms with Gasteiger partial charge in [-0.05, 0) is 12.1 Å². The van der Waals surface area contributed by atoms with Gasteiger partial charge in [-0.2, -0.15) is 0 Å². The summed E-state index contributed by atoms with van der Waals surface area (Å²) in [6.45, 7) is 2.96. The van der Waals surface area contributed by atoms with E-state index < -0.39 is 0 Å². The normalized spacial score (nSPS) is 32.0. The van der Waals surface area contributed by atoms with Gasteiger partial charge in [-0.3, -0.25) is 4.90 Å². The van der Waals surface area contributed by atoms with Gasteiger partial charge in [0.05, 0.1) is 43.4 Å². The van der Waals surface area contributed by atoms with Crippen LogP contribution in [0.25, 0.3) is 0 Å². The molecule has 7 nitrogen and oxygen atoms in total. The molecule has 0 aliphatic carbocycles. The highest BCUT2D eigenvalue weighted by Crippen LogP contribution is 2.25. The number of allylic oxidation sites excluding steroid dienone is 1. The van der Waals surface area contributed by atoms with Gasteiger partial charge >= 0.3 is 0 Å². The summed E-state index contributed by atoms with van der Waals surface area (Å²) in [5.41, 5.74) is 1.73. The fraction of sp³-hybridized carbons (Fsp3) is 0.533. The Hall–Kier alpha value is -1.83. The first kappa shape index (κ1) is 13.8. The van der Waals surface area contributed by atoms with E-state index in [9.17, 15) is 0 Å². The molecule has 0 amide bonds. The molecule has 0 radical (unpaired) electrons. The number of ether oxygens (including phenoxy) is 2. The molecular formula is C15H19N5O2. The maximum Gasteiger partial charge on any atom is 0.179 e. The molecule has 1 aromatic rings. The van der Waals surface area contributed by atoms with Crippen LogP contribution in [0.1, 0.15) is 5.69 Å². The van der Waals surface area contributed by atoms with Gasteiger partial charge in [-0.15, -0.1) is 0 Å². The Balaban J connectivity index is 1.62. The highest BCUT2D eigenvalue weighted by molar-refractivity contribution is 6.07. The van der Waals surface area contributed by atoms with Crippen molar-refractivity contribution in [2.24, 2.45) is 4.99 Å². The van der Waals surface area contributed by atoms with Crippen LogP contribution in [0.2, 0.25) is 0 Å². The summed E-state index contributed by atoms with van der Waals surface area (Å²) in [5, 5.41) is 0. The number of morpholine rings is 1. The molecule has 2 fully saturated rings. The number of hydrogen-bond acceptors (Lipinski definition) is 7. The minimum absolute atomic E-state index is 0.0481. The van der Waals surface area contributed by atoms with Crippen molar-refractivity contribution in [3.63, 3.8) is 0 Å². The van der Waals surface area contributed by atoms with Gasteiger partial charge in [0.1, 0.15) is 6.33 Å². The first-order valence-electron chi connectivity index (χ1n) is 7.52. The van der Waals surface area contributed by atoms with Crippen molar-refractivity contribution >= 4 is 5.71 Å². The van der Waals surface area contributed by atoms with Crippen molar-refractivity contribution in [3.05, 3.63) is 36.6 Å². The predicted octanol–water partition coefficient (Wildman–Crippen LogP) is 0.108. The summed E-state index contributed by atoms with van der Waals surface area (Å²) in [6.07, 6.45) is 7.44. The van der Waals surface area contributed by atoms with E-state index >= 15 is 0 Å². The standard InChI is InChI=1S/C15H19N5O2/c1-19-5-3-12(11-2-4-16-10-17-11)18-15(19)20-6-7-22-14-9-21-8-13(14)20/h2-5,10,13-15H,6-9H2,1H3/t13-,14-,15?/m0/s1. The van der Waals surface area contributed by atoms with Gasteiger partial charge in [-0.1, -0.05) is 0 Å². The maximum absolute atomic E-state index is 5.80. The first-order chi connectivity index (χ1) is 10.8. The molecule has 2 saturated heterocycles. The fourth-order valence-electron chi connectivity index (χ4n) is 3.18. The van der Waals surface area contributed by atoms with Crippen LogP contribution in [0.15, 0.2) is 35.9 Å². The lowest BCUT2D eigenvalue weighted by Gasteiger charge is -2.43. The van der Waals surface area contributed by atoms with Crippen molar-refractivity contribution in [2.45, 2.75) is 18.4 Å². The van der Waals surface area contributed by atoms with E-state index in [1.54, 1.807) is 12.5 Å². The van der Waals surface area contributed by atoms with Gasteiger partial charge < -0.3 is 14.4 Å². The summed E-state index contributed by atoms with van der Waals surface area (Å²) in [5.74, 6) is 0. The van der Waals surface area contributed by atoms with Gasteiger partial charge in [0.15, 0.2) is 6.29 Å². The first-order valence-corrected chi connectivity index (χ1v) is 7.52. The molecule has 1 unspecified atom stereocenters. The number of nitrogens with zero attached hydrogens (tertiary/aromatic N) is 5. The molecule has 1 aromatic heterocycles. The van der Waals surface area contributed by atoms with E-state index in [2.05, 4.69) is 26.0 Å². The summed E-state index contributed by atoms with van der Waals surface area (Å²) in [7, 11) is 2.04. The average Bonchev–Trinajstić information content (AvgIpc) is 3.05. The molecule has 4 rings (SSSR count). The molecular weight excluding hydrogens is 282 g/mol. The Labute approximate surface area is 129 Å². The van der Waals surface area contributed by atoms with E-state index in [1.807, 2.05) is 19.2 Å². The van der Waals surface area contributed by atoms with Crippen molar-refractivity contribution in [3.8, 4) is 0 Å². The monoisotopic (exact) mass is 301 g/mol. The Bertz CT molecular complexity index is 591. The zero-order valence-electron chi connectivity index (χ0n) is 12.5. The number of fused-ring (bicyclic) bond motifs is 1. The second-order valence-corrected chi connectivity index (χ2v) is 5.69. The Morgan fingerprint density at radius 3 is 3.14 bits per heavy atom. The van der Waals surface area contributed by atoms with Crippen molar-refractivity contribution in [1.29, 1.82) is 0 Å². The molecule has 7 heteroatoms. The van der Waals surface area contributed by atoms with Crippen molar-refractivity contribution in [2.75, 3.05) is 33.4 Å². The lowest BCUT2D eigenvalue weighted by atomic mass is 10.1. The van der Waals surface area contributed by atoms with Crippen LogP contribution in [0.4, 0.5) is 0 Å². The molecule has 0 N–H and O–H groups in total. The Morgan fingerprint density at radius 2 is 2.27 bits per heavy atom. The lowest BCUT2D eigenvalue weighted by molar-refractivity contribution is -0.0826. The minimum Gasteiger partial charge on any atom is -0.377 e. The highest BCUT2D eigenvalue weighted by Gasteiger charge is 2.41. The molecule has 3 aliphatic heterocycles. The Morgan fingerprint density at radius 1 is 1.32 bits per heavy atom. The molecule has 22 heavy (non-hydrogen) atoms. The molecule has 0 saturated carbocycles. The number of rotatable bonds is 2. The molecule has 0 spiro atoms. The van der Waals surface area contributed by atoms with E-state index in [0.717, 1.165) is 24.6 Å². The fourth-order valence-corrected chi connectivity index (χ4v) is 3.18. The van der Waals surface area contributed by atoms with Crippen LogP contribution < -0.4 is 0 Å². The third kappa shape index (κ3) is 2.41. The number of aliphatic imine (C=N–C) groups is 1. The second kappa shape index (κ2) is 5.75. The summed E-state index contributed by atoms with van der Waals surface area (Å²) >= 11 is 0. The van der Waals surface area contributed by atoms with Crippen molar-refractivity contribution in [1.82, 2.24) is 19.8 Å². The van der Waals surface area contributed by atoms with Crippen LogP contribution in [-0.4, -0.2) is 77.3 Å². The lowest BCUT2D eigenvalue weighted by Crippen LogP contribution is -2.58. The van der Waals surface area contributed by atoms with Gasteiger partial charge in [0, 0.05) is 26.0 Å². The minimum atomic E-state index is -0.0481. The quantitative estimate of drug-likeness (QED) is 0.772. The van der Waals surface area contributed by atoms with Crippen molar-refractivity contribution < 1.29 is 9.47 Å². The summed E-state index contributed by atoms with van der Waals surface area (Å²) in [6, 6.07) is 2.15. The van der Waals surface area contributed by atoms with Crippen LogP contribution in [-0.2, 0) is 9.47 Å². The molecule has 3 atom stereocenters. The summed E-state index contributed by atoms with van der Waals surface area (Å²) in [4.78, 5) is 17.6. The topological polar surface area (TPSA) is 63.1 Å². The van der Waals surface area contributed by atoms with Gasteiger partial charge in [0.25, 0.3) is 0 Å². The third-order valence-corrected chi connectivity index (χ3v) is 4.33.